The Kier molecular flexibility index (Phi) is 18.8. The molecule has 0 atom stereocenters. The molecule has 0 N–H and O–H groups in total. The molecule has 0 aliphatic carbocycles. The van der Waals surface area contributed by atoms with E-state index in [4.69, 9.17) is 0 Å². The van der Waals surface area contributed by atoms with Crippen molar-refractivity contribution in [1.82, 2.24) is 0 Å². The van der Waals surface area contributed by atoms with Crippen LogP contribution in [-0.2, 0) is 23.3 Å². The van der Waals surface area contributed by atoms with Gasteiger partial charge in [0.15, 0.2) is 0 Å². The van der Waals surface area contributed by atoms with Crippen LogP contribution in [0, 0.1) is 40.8 Å². The molecule has 36 heavy (non-hydrogen) atoms. The standard InChI is InChI=1S/2C10H9.2C6H5.2CH3.Si.Zr/c2*1-8-6-9-4-2-3-5-10(9)7-8;2*1-2-4-6-5-3-1;;;;/h2*2-7H,1H3;2*1-5H;2*1H3;;/q6*-1;;. The number of hydrogen-bond acceptors (Lipinski definition) is 0. The van der Waals surface area contributed by atoms with E-state index in [2.05, 4.69) is 106 Å². The summed E-state index contributed by atoms with van der Waals surface area (Å²) in [5, 5.41) is 5.39. The van der Waals surface area contributed by atoms with Crippen LogP contribution in [0.1, 0.15) is 11.1 Å². The van der Waals surface area contributed by atoms with Gasteiger partial charge in [0, 0.05) is 0 Å². The Hall–Kier alpha value is -2.80. The molecule has 0 fully saturated rings. The van der Waals surface area contributed by atoms with Gasteiger partial charge in [-0.25, -0.2) is 0 Å². The van der Waals surface area contributed by atoms with Crippen LogP contribution in [0.3, 0.4) is 0 Å². The van der Waals surface area contributed by atoms with Crippen LogP contribution in [-0.4, -0.2) is 6.88 Å². The van der Waals surface area contributed by atoms with Gasteiger partial charge >= 0.3 is 30.2 Å². The van der Waals surface area contributed by atoms with E-state index in [1.165, 1.54) is 56.0 Å². The molecule has 2 radical (unpaired) electrons. The number of benzene rings is 4. The van der Waals surface area contributed by atoms with E-state index in [0.717, 1.165) is 0 Å². The van der Waals surface area contributed by atoms with Crippen molar-refractivity contribution in [3.63, 3.8) is 0 Å². The first-order chi connectivity index (χ1) is 16.7. The molecule has 0 aromatic heterocycles. The van der Waals surface area contributed by atoms with Crippen molar-refractivity contribution in [2.75, 3.05) is 0 Å². The SMILES string of the molecule is Cc1cc2ccccc2[cH-]1.Cc1cc2ccccc2[cH-]1.[CH3-].[CH3-].[Si]=[Zr].[c-]1ccccc1.[c-]1ccccc1. The van der Waals surface area contributed by atoms with E-state index in [-0.39, 0.29) is 14.9 Å². The molecule has 2 heteroatoms. The van der Waals surface area contributed by atoms with Gasteiger partial charge in [0.05, 0.1) is 0 Å². The average Bonchev–Trinajstić information content (AvgIpc) is 3.49. The molecular weight excluding hydrogens is 528 g/mol. The van der Waals surface area contributed by atoms with Crippen LogP contribution in [0.25, 0.3) is 21.5 Å². The summed E-state index contributed by atoms with van der Waals surface area (Å²) in [6, 6.07) is 50.7. The molecule has 0 heterocycles. The zero-order chi connectivity index (χ0) is 24.4. The summed E-state index contributed by atoms with van der Waals surface area (Å²) in [4.78, 5) is 0. The van der Waals surface area contributed by atoms with Gasteiger partial charge in [-0.3, -0.25) is 0 Å². The Balaban J connectivity index is 0.000000446. The normalized spacial score (nSPS) is 8.58. The molecule has 0 spiro atoms. The van der Waals surface area contributed by atoms with E-state index in [1.54, 1.807) is 0 Å². The van der Waals surface area contributed by atoms with Crippen molar-refractivity contribution in [3.8, 4) is 0 Å². The Bertz CT molecular complexity index is 1080. The van der Waals surface area contributed by atoms with Crippen molar-refractivity contribution in [2.45, 2.75) is 13.8 Å². The Morgan fingerprint density at radius 1 is 0.528 bits per heavy atom. The molecule has 0 saturated carbocycles. The van der Waals surface area contributed by atoms with E-state index in [9.17, 15) is 0 Å². The van der Waals surface area contributed by atoms with Gasteiger partial charge in [-0.2, -0.15) is 84.9 Å². The first-order valence-corrected chi connectivity index (χ1v) is 15.2. The molecule has 0 bridgehead atoms. The van der Waals surface area contributed by atoms with Crippen molar-refractivity contribution >= 4 is 28.4 Å². The van der Waals surface area contributed by atoms with E-state index < -0.39 is 0 Å². The fourth-order valence-electron chi connectivity index (χ4n) is 3.30. The summed E-state index contributed by atoms with van der Waals surface area (Å²) in [5.74, 6) is 0. The fraction of sp³-hybridized carbons (Fsp3) is 0.0588. The minimum Gasteiger partial charge on any atom is -0.184 e. The maximum atomic E-state index is 3.06. The average molecular weight is 562 g/mol. The second-order valence-electron chi connectivity index (χ2n) is 7.48. The summed E-state index contributed by atoms with van der Waals surface area (Å²) in [6.07, 6.45) is 0. The molecule has 6 aromatic rings. The third-order valence-electron chi connectivity index (χ3n) is 4.74. The zero-order valence-corrected chi connectivity index (χ0v) is 25.2. The largest absolute Gasteiger partial charge is 0.184 e. The van der Waals surface area contributed by atoms with Gasteiger partial charge in [0.2, 0.25) is 0 Å². The third-order valence-corrected chi connectivity index (χ3v) is 4.74. The third kappa shape index (κ3) is 12.8. The van der Waals surface area contributed by atoms with Crippen LogP contribution >= 0.6 is 0 Å². The maximum Gasteiger partial charge on any atom is -0.171 e. The van der Waals surface area contributed by atoms with Gasteiger partial charge in [-0.15, -0.1) is 81.2 Å². The summed E-state index contributed by atoms with van der Waals surface area (Å²) in [7, 11) is 0. The van der Waals surface area contributed by atoms with Gasteiger partial charge in [-0.1, -0.05) is 26.0 Å². The monoisotopic (exact) mass is 560 g/mol. The van der Waals surface area contributed by atoms with E-state index in [1.807, 2.05) is 60.7 Å². The minimum atomic E-state index is 0. The second-order valence-corrected chi connectivity index (χ2v) is 7.48. The molecule has 6 rings (SSSR count). The molecule has 0 aliphatic heterocycles. The van der Waals surface area contributed by atoms with Crippen LogP contribution in [0.2, 0.25) is 0 Å². The second kappa shape index (κ2) is 20.4. The van der Waals surface area contributed by atoms with Crippen LogP contribution in [0.4, 0.5) is 0 Å². The van der Waals surface area contributed by atoms with Crippen LogP contribution in [0.5, 0.6) is 0 Å². The van der Waals surface area contributed by atoms with Crippen molar-refractivity contribution in [1.29, 1.82) is 0 Å². The maximum absolute atomic E-state index is 3.06. The minimum absolute atomic E-state index is 0. The first kappa shape index (κ1) is 33.2. The molecule has 0 aliphatic rings. The Labute approximate surface area is 236 Å². The summed E-state index contributed by atoms with van der Waals surface area (Å²) < 4.78 is 0. The van der Waals surface area contributed by atoms with Gasteiger partial charge < -0.3 is 14.9 Å². The Morgan fingerprint density at radius 2 is 0.861 bits per heavy atom. The number of hydrogen-bond donors (Lipinski definition) is 0. The zero-order valence-electron chi connectivity index (χ0n) is 21.7. The number of aryl methyl sites for hydroxylation is 2. The summed E-state index contributed by atoms with van der Waals surface area (Å²) in [6.45, 7) is 7.31. The molecule has 184 valence electrons. The molecule has 6 aromatic carbocycles. The van der Waals surface area contributed by atoms with Crippen molar-refractivity contribution in [2.24, 2.45) is 0 Å². The van der Waals surface area contributed by atoms with Crippen LogP contribution < -0.4 is 0 Å². The van der Waals surface area contributed by atoms with E-state index in [0.29, 0.717) is 0 Å². The molecule has 0 unspecified atom stereocenters. The quantitative estimate of drug-likeness (QED) is 0.128. The predicted molar refractivity (Wildman–Crippen MR) is 158 cm³/mol. The summed E-state index contributed by atoms with van der Waals surface area (Å²) in [5.41, 5.74) is 2.70. The predicted octanol–water partition coefficient (Wildman–Crippen LogP) is 9.23. The molecular formula is C34H34SiZr-6. The molecule has 0 amide bonds. The fourth-order valence-corrected chi connectivity index (χ4v) is 3.30. The first-order valence-electron chi connectivity index (χ1n) is 11.0. The van der Waals surface area contributed by atoms with Gasteiger partial charge in [0.1, 0.15) is 0 Å². The van der Waals surface area contributed by atoms with Gasteiger partial charge in [-0.05, 0) is 0 Å². The Morgan fingerprint density at radius 3 is 1.11 bits per heavy atom. The number of rotatable bonds is 0. The summed E-state index contributed by atoms with van der Waals surface area (Å²) >= 11 is 1.36. The topological polar surface area (TPSA) is 0 Å². The smallest absolute Gasteiger partial charge is 0.171 e. The van der Waals surface area contributed by atoms with Crippen molar-refractivity contribution < 1.29 is 23.3 Å². The van der Waals surface area contributed by atoms with Crippen LogP contribution in [0.15, 0.2) is 133 Å². The molecule has 0 nitrogen and oxygen atoms in total. The van der Waals surface area contributed by atoms with E-state index >= 15 is 0 Å². The number of fused-ring (bicyclic) bond motifs is 2. The van der Waals surface area contributed by atoms with Gasteiger partial charge in [0.25, 0.3) is 0 Å². The van der Waals surface area contributed by atoms with Crippen molar-refractivity contribution in [3.05, 3.63) is 172 Å². The molecule has 0 saturated heterocycles.